The Morgan fingerprint density at radius 1 is 0.596 bits per heavy atom. The second-order valence-corrected chi connectivity index (χ2v) is 14.9. The number of nitrogens with one attached hydrogen (secondary N) is 1. The van der Waals surface area contributed by atoms with Crippen LogP contribution in [0, 0.1) is 0 Å². The first-order valence-corrected chi connectivity index (χ1v) is 22.1. The number of hydrogen-bond acceptors (Lipinski definition) is 8. The molecule has 0 amide bonds. The van der Waals surface area contributed by atoms with Gasteiger partial charge in [-0.3, -0.25) is 18.6 Å². The second-order valence-electron chi connectivity index (χ2n) is 13.5. The Labute approximate surface area is 318 Å². The van der Waals surface area contributed by atoms with Crippen molar-refractivity contribution in [2.75, 3.05) is 33.4 Å². The average Bonchev–Trinajstić information content (AvgIpc) is 3.12. The Bertz CT molecular complexity index is 996. The van der Waals surface area contributed by atoms with E-state index in [2.05, 4.69) is 67.8 Å². The molecule has 2 atom stereocenters. The molecule has 0 bridgehead atoms. The topological polar surface area (TPSA) is 120 Å². The molecule has 0 spiro atoms. The summed E-state index contributed by atoms with van der Waals surface area (Å²) in [6.07, 6.45) is 41.5. The van der Waals surface area contributed by atoms with Crippen LogP contribution in [0.15, 0.2) is 48.6 Å². The predicted octanol–water partition coefficient (Wildman–Crippen LogP) is 11.4. The van der Waals surface area contributed by atoms with Crippen LogP contribution >= 0.6 is 7.82 Å². The van der Waals surface area contributed by atoms with Gasteiger partial charge in [0, 0.05) is 19.4 Å². The lowest BCUT2D eigenvalue weighted by Crippen LogP contribution is -2.29. The number of esters is 2. The number of rotatable bonds is 38. The summed E-state index contributed by atoms with van der Waals surface area (Å²) in [6.45, 7) is 4.14. The van der Waals surface area contributed by atoms with E-state index < -0.39 is 26.5 Å². The molecule has 52 heavy (non-hydrogen) atoms. The molecule has 0 aromatic rings. The number of carbonyl (C=O) groups excluding carboxylic acids is 2. The summed E-state index contributed by atoms with van der Waals surface area (Å²) in [5, 5.41) is 2.82. The summed E-state index contributed by atoms with van der Waals surface area (Å²) in [5.41, 5.74) is 0. The van der Waals surface area contributed by atoms with E-state index in [1.54, 1.807) is 7.05 Å². The minimum atomic E-state index is -4.35. The maximum absolute atomic E-state index is 12.6. The number of unbranched alkanes of at least 4 members (excludes halogenated alkanes) is 16. The maximum atomic E-state index is 12.6. The molecule has 0 aliphatic rings. The molecule has 0 fully saturated rings. The van der Waals surface area contributed by atoms with E-state index in [4.69, 9.17) is 18.5 Å². The van der Waals surface area contributed by atoms with Gasteiger partial charge in [-0.2, -0.15) is 0 Å². The Hall–Kier alpha value is -2.03. The average molecular weight is 754 g/mol. The highest BCUT2D eigenvalue weighted by Gasteiger charge is 2.26. The van der Waals surface area contributed by atoms with Crippen LogP contribution in [0.3, 0.4) is 0 Å². The van der Waals surface area contributed by atoms with E-state index in [-0.39, 0.29) is 32.0 Å². The Morgan fingerprint density at radius 2 is 1.04 bits per heavy atom. The van der Waals surface area contributed by atoms with Crippen molar-refractivity contribution in [2.24, 2.45) is 0 Å². The van der Waals surface area contributed by atoms with E-state index in [1.165, 1.54) is 77.0 Å². The third-order valence-corrected chi connectivity index (χ3v) is 9.44. The number of ether oxygens (including phenoxy) is 2. The number of likely N-dealkylation sites (N-methyl/N-ethyl adjacent to an activating group) is 1. The molecular formula is C42H76NO8P. The molecule has 0 radical (unpaired) electrons. The quantitative estimate of drug-likeness (QED) is 0.0275. The van der Waals surface area contributed by atoms with Crippen molar-refractivity contribution < 1.29 is 37.6 Å². The Balaban J connectivity index is 4.32. The number of phosphoric ester groups is 1. The third kappa shape index (κ3) is 37.7. The van der Waals surface area contributed by atoms with Gasteiger partial charge in [-0.25, -0.2) is 4.57 Å². The van der Waals surface area contributed by atoms with E-state index >= 15 is 0 Å². The van der Waals surface area contributed by atoms with Crippen LogP contribution in [0.1, 0.15) is 168 Å². The minimum absolute atomic E-state index is 0.0241. The van der Waals surface area contributed by atoms with Gasteiger partial charge in [0.15, 0.2) is 6.10 Å². The molecule has 0 saturated carbocycles. The van der Waals surface area contributed by atoms with Gasteiger partial charge in [0.25, 0.3) is 0 Å². The number of allylic oxidation sites excluding steroid dienone is 8. The highest BCUT2D eigenvalue weighted by atomic mass is 31.2. The molecule has 0 aromatic carbocycles. The van der Waals surface area contributed by atoms with Crippen LogP contribution in [0.25, 0.3) is 0 Å². The van der Waals surface area contributed by atoms with Crippen molar-refractivity contribution in [3.8, 4) is 0 Å². The molecule has 0 aliphatic carbocycles. The van der Waals surface area contributed by atoms with Crippen LogP contribution in [0.4, 0.5) is 0 Å². The van der Waals surface area contributed by atoms with Gasteiger partial charge in [-0.15, -0.1) is 0 Å². The van der Waals surface area contributed by atoms with Gasteiger partial charge in [0.05, 0.1) is 13.2 Å². The zero-order valence-electron chi connectivity index (χ0n) is 33.2. The van der Waals surface area contributed by atoms with Gasteiger partial charge in [-0.1, -0.05) is 146 Å². The van der Waals surface area contributed by atoms with Gasteiger partial charge >= 0.3 is 19.8 Å². The zero-order chi connectivity index (χ0) is 38.2. The lowest BCUT2D eigenvalue weighted by Gasteiger charge is -2.20. The van der Waals surface area contributed by atoms with E-state index in [0.29, 0.717) is 13.0 Å². The van der Waals surface area contributed by atoms with E-state index in [1.807, 2.05) is 0 Å². The van der Waals surface area contributed by atoms with Crippen molar-refractivity contribution in [2.45, 2.75) is 174 Å². The Kier molecular flexibility index (Phi) is 37.2. The summed E-state index contributed by atoms with van der Waals surface area (Å²) in [6, 6.07) is 0. The van der Waals surface area contributed by atoms with Gasteiger partial charge < -0.3 is 19.7 Å². The van der Waals surface area contributed by atoms with Crippen molar-refractivity contribution in [1.29, 1.82) is 0 Å². The van der Waals surface area contributed by atoms with E-state index in [0.717, 1.165) is 57.8 Å². The molecule has 9 nitrogen and oxygen atoms in total. The van der Waals surface area contributed by atoms with E-state index in [9.17, 15) is 19.0 Å². The van der Waals surface area contributed by atoms with Crippen LogP contribution in [0.2, 0.25) is 0 Å². The summed E-state index contributed by atoms with van der Waals surface area (Å²) >= 11 is 0. The normalized spacial score (nSPS) is 13.8. The summed E-state index contributed by atoms with van der Waals surface area (Å²) in [5.74, 6) is -0.845. The maximum Gasteiger partial charge on any atom is 0.472 e. The molecule has 302 valence electrons. The third-order valence-electron chi connectivity index (χ3n) is 8.45. The smallest absolute Gasteiger partial charge is 0.462 e. The zero-order valence-corrected chi connectivity index (χ0v) is 34.1. The first-order valence-electron chi connectivity index (χ1n) is 20.6. The molecular weight excluding hydrogens is 677 g/mol. The molecule has 10 heteroatoms. The molecule has 0 aromatic heterocycles. The molecule has 0 aliphatic heterocycles. The van der Waals surface area contributed by atoms with Crippen LogP contribution in [-0.4, -0.2) is 56.3 Å². The van der Waals surface area contributed by atoms with Crippen molar-refractivity contribution in [3.63, 3.8) is 0 Å². The van der Waals surface area contributed by atoms with Gasteiger partial charge in [0.1, 0.15) is 6.61 Å². The molecule has 0 rings (SSSR count). The standard InChI is InChI=1S/C42H76NO8P/c1-4-6-8-10-12-14-16-17-18-19-20-21-22-23-25-27-29-31-33-35-42(45)51-40(39-50-52(46,47)49-37-36-43-3)38-48-41(44)34-32-30-28-26-24-15-13-11-9-7-5-2/h12,14,17-18,20-21,23,25,40,43H,4-11,13,15-16,19,22,24,26-39H2,1-3H3,(H,46,47)/b14-12-,18-17-,21-20-,25-23-. The van der Waals surface area contributed by atoms with Crippen LogP contribution in [0.5, 0.6) is 0 Å². The minimum Gasteiger partial charge on any atom is -0.462 e. The van der Waals surface area contributed by atoms with Crippen molar-refractivity contribution in [3.05, 3.63) is 48.6 Å². The van der Waals surface area contributed by atoms with Gasteiger partial charge in [-0.05, 0) is 64.8 Å². The van der Waals surface area contributed by atoms with Crippen LogP contribution < -0.4 is 5.32 Å². The molecule has 2 N–H and O–H groups in total. The first kappa shape index (κ1) is 50.0. The number of hydrogen-bond donors (Lipinski definition) is 2. The summed E-state index contributed by atoms with van der Waals surface area (Å²) < 4.78 is 33.1. The largest absolute Gasteiger partial charge is 0.472 e. The molecule has 0 saturated heterocycles. The first-order chi connectivity index (χ1) is 25.3. The van der Waals surface area contributed by atoms with Crippen molar-refractivity contribution in [1.82, 2.24) is 5.32 Å². The van der Waals surface area contributed by atoms with Crippen molar-refractivity contribution >= 4 is 19.8 Å². The molecule has 0 heterocycles. The fourth-order valence-electron chi connectivity index (χ4n) is 5.30. The predicted molar refractivity (Wildman–Crippen MR) is 215 cm³/mol. The second kappa shape index (κ2) is 38.7. The number of carbonyl (C=O) groups is 2. The lowest BCUT2D eigenvalue weighted by molar-refractivity contribution is -0.161. The summed E-state index contributed by atoms with van der Waals surface area (Å²) in [7, 11) is -2.66. The highest BCUT2D eigenvalue weighted by molar-refractivity contribution is 7.47. The van der Waals surface area contributed by atoms with Crippen LogP contribution in [-0.2, 0) is 32.7 Å². The van der Waals surface area contributed by atoms with Gasteiger partial charge in [0.2, 0.25) is 0 Å². The molecule has 2 unspecified atom stereocenters. The number of phosphoric acid groups is 1. The fourth-order valence-corrected chi connectivity index (χ4v) is 6.05. The lowest BCUT2D eigenvalue weighted by atomic mass is 10.1. The highest BCUT2D eigenvalue weighted by Crippen LogP contribution is 2.43. The summed E-state index contributed by atoms with van der Waals surface area (Å²) in [4.78, 5) is 34.9. The monoisotopic (exact) mass is 754 g/mol. The Morgan fingerprint density at radius 3 is 1.58 bits per heavy atom. The SMILES string of the molecule is CCCCC/C=C\C/C=C\C/C=C\C/C=C\CCCCCC(=O)OC(COC(=O)CCCCCCCCCCCCC)COP(=O)(O)OCCNC. The fraction of sp³-hybridized carbons (Fsp3) is 0.762.